The SMILES string of the molecule is CC1(C)c2ccccc2-c2c1ccc1c2c2cc(-c3ccc4c(c3)-c3ccccc3C4c3ccccc3)ccc2n1-c1cccc2ccccc12. The molecule has 1 heterocycles. The molecule has 0 amide bonds. The lowest BCUT2D eigenvalue weighted by Crippen LogP contribution is -2.14. The molecule has 8 aromatic carbocycles. The van der Waals surface area contributed by atoms with E-state index >= 15 is 0 Å². The Bertz CT molecular complexity index is 2880. The Kier molecular flexibility index (Phi) is 5.85. The summed E-state index contributed by atoms with van der Waals surface area (Å²) in [6.07, 6.45) is 0. The van der Waals surface area contributed by atoms with Gasteiger partial charge in [-0.25, -0.2) is 0 Å². The van der Waals surface area contributed by atoms with E-state index in [9.17, 15) is 0 Å². The van der Waals surface area contributed by atoms with Crippen molar-refractivity contribution in [2.75, 3.05) is 0 Å². The van der Waals surface area contributed by atoms with Gasteiger partial charge in [0.25, 0.3) is 0 Å². The molecule has 2 aliphatic carbocycles. The Morgan fingerprint density at radius 3 is 2.06 bits per heavy atom. The zero-order valence-electron chi connectivity index (χ0n) is 28.7. The largest absolute Gasteiger partial charge is 0.309 e. The zero-order valence-corrected chi connectivity index (χ0v) is 28.7. The fraction of sp³-hybridized carbons (Fsp3) is 0.0800. The second-order valence-corrected chi connectivity index (χ2v) is 14.9. The van der Waals surface area contributed by atoms with Crippen molar-refractivity contribution in [3.05, 3.63) is 198 Å². The molecule has 0 fully saturated rings. The van der Waals surface area contributed by atoms with Gasteiger partial charge in [0.2, 0.25) is 0 Å². The third-order valence-electron chi connectivity index (χ3n) is 11.9. The van der Waals surface area contributed by atoms with E-state index in [4.69, 9.17) is 0 Å². The van der Waals surface area contributed by atoms with E-state index in [0.717, 1.165) is 0 Å². The molecule has 1 nitrogen and oxygen atoms in total. The highest BCUT2D eigenvalue weighted by atomic mass is 15.0. The van der Waals surface area contributed by atoms with Crippen LogP contribution in [-0.2, 0) is 5.41 Å². The summed E-state index contributed by atoms with van der Waals surface area (Å²) in [6, 6.07) is 63.5. The van der Waals surface area contributed by atoms with Gasteiger partial charge in [-0.2, -0.15) is 0 Å². The van der Waals surface area contributed by atoms with Crippen LogP contribution in [0.1, 0.15) is 47.6 Å². The fourth-order valence-corrected chi connectivity index (χ4v) is 9.53. The Morgan fingerprint density at radius 2 is 1.16 bits per heavy atom. The number of hydrogen-bond acceptors (Lipinski definition) is 0. The van der Waals surface area contributed by atoms with Crippen LogP contribution in [-0.4, -0.2) is 4.57 Å². The minimum Gasteiger partial charge on any atom is -0.309 e. The molecule has 11 rings (SSSR count). The van der Waals surface area contributed by atoms with Gasteiger partial charge in [-0.05, 0) is 96.9 Å². The lowest BCUT2D eigenvalue weighted by molar-refractivity contribution is 0.661. The monoisotopic (exact) mass is 649 g/mol. The van der Waals surface area contributed by atoms with Gasteiger partial charge in [0, 0.05) is 27.5 Å². The highest BCUT2D eigenvalue weighted by Crippen LogP contribution is 2.54. The second-order valence-electron chi connectivity index (χ2n) is 14.9. The number of aromatic nitrogens is 1. The minimum atomic E-state index is -0.0751. The molecule has 0 N–H and O–H groups in total. The van der Waals surface area contributed by atoms with Crippen LogP contribution in [0.3, 0.4) is 0 Å². The maximum atomic E-state index is 2.51. The van der Waals surface area contributed by atoms with Crippen LogP contribution >= 0.6 is 0 Å². The molecule has 1 heteroatoms. The topological polar surface area (TPSA) is 4.93 Å². The minimum absolute atomic E-state index is 0.0751. The van der Waals surface area contributed by atoms with Crippen molar-refractivity contribution in [2.45, 2.75) is 25.2 Å². The van der Waals surface area contributed by atoms with E-state index < -0.39 is 0 Å². The van der Waals surface area contributed by atoms with Crippen LogP contribution in [0.5, 0.6) is 0 Å². The van der Waals surface area contributed by atoms with Crippen molar-refractivity contribution >= 4 is 32.6 Å². The molecule has 0 aliphatic heterocycles. The van der Waals surface area contributed by atoms with Crippen LogP contribution < -0.4 is 0 Å². The first-order valence-electron chi connectivity index (χ1n) is 18.1. The van der Waals surface area contributed by atoms with Crippen LogP contribution in [0, 0.1) is 0 Å². The Balaban J connectivity index is 1.19. The highest BCUT2D eigenvalue weighted by molar-refractivity contribution is 6.19. The van der Waals surface area contributed by atoms with Crippen LogP contribution in [0.2, 0.25) is 0 Å². The predicted octanol–water partition coefficient (Wildman–Crippen LogP) is 13.1. The standard InChI is InChI=1S/C50H35N/c1-50(2)42-21-11-10-20-39(42)48-43(50)26-28-46-49(48)41-30-34(24-27-45(41)51(46)44-22-12-16-31-13-6-7-17-35(31)44)33-23-25-38-40(29-33)36-18-8-9-19-37(36)47(38)32-14-4-3-5-15-32/h3-30,47H,1-2H3. The highest BCUT2D eigenvalue weighted by Gasteiger charge is 2.37. The van der Waals surface area contributed by atoms with Crippen molar-refractivity contribution in [3.63, 3.8) is 0 Å². The van der Waals surface area contributed by atoms with E-state index in [2.05, 4.69) is 188 Å². The molecule has 1 unspecified atom stereocenters. The third kappa shape index (κ3) is 3.92. The van der Waals surface area contributed by atoms with Crippen molar-refractivity contribution in [1.82, 2.24) is 4.57 Å². The van der Waals surface area contributed by atoms with Gasteiger partial charge < -0.3 is 4.57 Å². The summed E-state index contributed by atoms with van der Waals surface area (Å²) in [5, 5.41) is 5.14. The van der Waals surface area contributed by atoms with Gasteiger partial charge >= 0.3 is 0 Å². The Labute approximate surface area is 298 Å². The van der Waals surface area contributed by atoms with Crippen molar-refractivity contribution in [3.8, 4) is 39.1 Å². The first kappa shape index (κ1) is 28.6. The average molecular weight is 650 g/mol. The van der Waals surface area contributed by atoms with E-state index in [1.807, 2.05) is 0 Å². The summed E-state index contributed by atoms with van der Waals surface area (Å²) in [6.45, 7) is 4.76. The molecule has 0 saturated carbocycles. The number of rotatable bonds is 3. The van der Waals surface area contributed by atoms with E-state index in [-0.39, 0.29) is 11.3 Å². The molecule has 1 atom stereocenters. The summed E-state index contributed by atoms with van der Waals surface area (Å²) in [4.78, 5) is 0. The predicted molar refractivity (Wildman–Crippen MR) is 214 cm³/mol. The van der Waals surface area contributed by atoms with Crippen molar-refractivity contribution in [2.24, 2.45) is 0 Å². The maximum Gasteiger partial charge on any atom is 0.0547 e. The van der Waals surface area contributed by atoms with E-state index in [1.54, 1.807) is 0 Å². The van der Waals surface area contributed by atoms with Crippen LogP contribution in [0.4, 0.5) is 0 Å². The van der Waals surface area contributed by atoms with Gasteiger partial charge in [-0.1, -0.05) is 153 Å². The average Bonchev–Trinajstić information content (AvgIpc) is 3.77. The molecule has 0 bridgehead atoms. The molecule has 0 saturated heterocycles. The lowest BCUT2D eigenvalue weighted by Gasteiger charge is -2.21. The number of benzene rings is 8. The number of fused-ring (bicyclic) bond motifs is 11. The molecule has 0 radical (unpaired) electrons. The van der Waals surface area contributed by atoms with Crippen LogP contribution in [0.15, 0.2) is 170 Å². The first-order valence-corrected chi connectivity index (χ1v) is 18.1. The third-order valence-corrected chi connectivity index (χ3v) is 11.9. The van der Waals surface area contributed by atoms with Crippen LogP contribution in [0.25, 0.3) is 71.6 Å². The molecule has 0 spiro atoms. The number of hydrogen-bond donors (Lipinski definition) is 0. The normalized spacial score (nSPS) is 15.2. The lowest BCUT2D eigenvalue weighted by atomic mass is 9.82. The summed E-state index contributed by atoms with van der Waals surface area (Å²) < 4.78 is 2.51. The smallest absolute Gasteiger partial charge is 0.0547 e. The molecule has 9 aromatic rings. The quantitative estimate of drug-likeness (QED) is 0.179. The van der Waals surface area contributed by atoms with Gasteiger partial charge in [-0.3, -0.25) is 0 Å². The summed E-state index contributed by atoms with van der Waals surface area (Å²) in [5.41, 5.74) is 18.4. The summed E-state index contributed by atoms with van der Waals surface area (Å²) in [5.74, 6) is 0.249. The van der Waals surface area contributed by atoms with Gasteiger partial charge in [-0.15, -0.1) is 0 Å². The Hall–Kier alpha value is -6.18. The molecular formula is C50H35N. The second kappa shape index (κ2) is 10.4. The molecular weight excluding hydrogens is 615 g/mol. The van der Waals surface area contributed by atoms with Gasteiger partial charge in [0.15, 0.2) is 0 Å². The van der Waals surface area contributed by atoms with Crippen molar-refractivity contribution < 1.29 is 0 Å². The maximum absolute atomic E-state index is 2.51. The van der Waals surface area contributed by atoms with E-state index in [1.165, 1.54) is 99.5 Å². The molecule has 51 heavy (non-hydrogen) atoms. The summed E-state index contributed by atoms with van der Waals surface area (Å²) >= 11 is 0. The van der Waals surface area contributed by atoms with Gasteiger partial charge in [0.05, 0.1) is 16.7 Å². The van der Waals surface area contributed by atoms with E-state index in [0.29, 0.717) is 0 Å². The molecule has 240 valence electrons. The number of nitrogens with zero attached hydrogens (tertiary/aromatic N) is 1. The van der Waals surface area contributed by atoms with Crippen molar-refractivity contribution in [1.29, 1.82) is 0 Å². The van der Waals surface area contributed by atoms with Gasteiger partial charge in [0.1, 0.15) is 0 Å². The molecule has 1 aromatic heterocycles. The summed E-state index contributed by atoms with van der Waals surface area (Å²) in [7, 11) is 0. The molecule has 2 aliphatic rings. The fourth-order valence-electron chi connectivity index (χ4n) is 9.53. The Morgan fingerprint density at radius 1 is 0.471 bits per heavy atom. The zero-order chi connectivity index (χ0) is 33.8. The first-order chi connectivity index (χ1) is 25.1.